The van der Waals surface area contributed by atoms with Crippen molar-refractivity contribution in [3.63, 3.8) is 0 Å². The average molecular weight is 281 g/mol. The Morgan fingerprint density at radius 3 is 2.33 bits per heavy atom. The van der Waals surface area contributed by atoms with Crippen LogP contribution in [0.1, 0.15) is 36.6 Å². The van der Waals surface area contributed by atoms with Gasteiger partial charge in [0, 0.05) is 0 Å². The molecule has 0 fully saturated rings. The van der Waals surface area contributed by atoms with E-state index in [1.807, 2.05) is 30.3 Å². The van der Waals surface area contributed by atoms with E-state index in [1.165, 1.54) is 18.2 Å². The van der Waals surface area contributed by atoms with Gasteiger partial charge in [0.05, 0.1) is 23.2 Å². The van der Waals surface area contributed by atoms with Crippen molar-refractivity contribution in [3.8, 4) is 0 Å². The second-order valence-electron chi connectivity index (χ2n) is 4.72. The van der Waals surface area contributed by atoms with Gasteiger partial charge in [-0.25, -0.2) is 4.79 Å². The van der Waals surface area contributed by atoms with E-state index in [0.717, 1.165) is 10.5 Å². The van der Waals surface area contributed by atoms with E-state index in [9.17, 15) is 14.4 Å². The van der Waals surface area contributed by atoms with E-state index < -0.39 is 17.8 Å². The van der Waals surface area contributed by atoms with Gasteiger partial charge in [0.25, 0.3) is 11.8 Å². The Labute approximate surface area is 120 Å². The summed E-state index contributed by atoms with van der Waals surface area (Å²) in [6, 6.07) is 13.4. The number of amides is 2. The molecule has 0 aliphatic carbocycles. The second kappa shape index (κ2) is 4.86. The van der Waals surface area contributed by atoms with Crippen LogP contribution < -0.4 is 0 Å². The lowest BCUT2D eigenvalue weighted by Gasteiger charge is -2.13. The molecule has 2 aromatic rings. The number of carbonyl (C=O) groups excluding carboxylic acids is 2. The summed E-state index contributed by atoms with van der Waals surface area (Å²) in [4.78, 5) is 36.9. The summed E-state index contributed by atoms with van der Waals surface area (Å²) in [5, 5.41) is 9.15. The third kappa shape index (κ3) is 2.08. The maximum Gasteiger partial charge on any atom is 0.336 e. The van der Waals surface area contributed by atoms with E-state index >= 15 is 0 Å². The van der Waals surface area contributed by atoms with Gasteiger partial charge in [-0.3, -0.25) is 14.5 Å². The first kappa shape index (κ1) is 13.1. The molecule has 0 saturated carbocycles. The number of carboxylic acid groups (broad SMARTS) is 1. The molecule has 104 valence electrons. The fourth-order valence-corrected chi connectivity index (χ4v) is 2.42. The minimum atomic E-state index is -1.21. The Morgan fingerprint density at radius 1 is 0.952 bits per heavy atom. The van der Waals surface area contributed by atoms with Gasteiger partial charge in [0.1, 0.15) is 0 Å². The molecule has 0 bridgehead atoms. The minimum absolute atomic E-state index is 0.0223. The van der Waals surface area contributed by atoms with Gasteiger partial charge < -0.3 is 5.11 Å². The van der Waals surface area contributed by atoms with E-state index in [0.29, 0.717) is 0 Å². The topological polar surface area (TPSA) is 74.7 Å². The van der Waals surface area contributed by atoms with Crippen molar-refractivity contribution >= 4 is 17.8 Å². The average Bonchev–Trinajstić information content (AvgIpc) is 2.73. The van der Waals surface area contributed by atoms with Crippen LogP contribution in [0.15, 0.2) is 48.5 Å². The monoisotopic (exact) mass is 281 g/mol. The molecule has 1 N–H and O–H groups in total. The fraction of sp³-hybridized carbons (Fsp3) is 0.0625. The molecule has 3 rings (SSSR count). The van der Waals surface area contributed by atoms with Crippen LogP contribution in [-0.4, -0.2) is 27.8 Å². The van der Waals surface area contributed by atoms with Gasteiger partial charge in [-0.2, -0.15) is 0 Å². The van der Waals surface area contributed by atoms with Crippen molar-refractivity contribution in [3.05, 3.63) is 70.8 Å². The zero-order valence-corrected chi connectivity index (χ0v) is 10.9. The number of imide groups is 1. The normalized spacial score (nSPS) is 13.4. The SMILES string of the molecule is O=C(O)c1cccc2c1C(=O)N(Cc1ccccc1)C2=O. The first-order chi connectivity index (χ1) is 10.1. The lowest BCUT2D eigenvalue weighted by atomic mass is 10.0. The fourth-order valence-electron chi connectivity index (χ4n) is 2.42. The van der Waals surface area contributed by atoms with Crippen molar-refractivity contribution in [2.75, 3.05) is 0 Å². The zero-order chi connectivity index (χ0) is 15.0. The largest absolute Gasteiger partial charge is 0.478 e. The zero-order valence-electron chi connectivity index (χ0n) is 10.9. The van der Waals surface area contributed by atoms with Crippen molar-refractivity contribution < 1.29 is 19.5 Å². The van der Waals surface area contributed by atoms with Crippen LogP contribution in [-0.2, 0) is 6.54 Å². The lowest BCUT2D eigenvalue weighted by Crippen LogP contribution is -2.29. The smallest absolute Gasteiger partial charge is 0.336 e. The van der Waals surface area contributed by atoms with Gasteiger partial charge in [-0.05, 0) is 17.7 Å². The lowest BCUT2D eigenvalue weighted by molar-refractivity contribution is 0.0628. The van der Waals surface area contributed by atoms with Crippen LogP contribution in [0.5, 0.6) is 0 Å². The van der Waals surface area contributed by atoms with Gasteiger partial charge >= 0.3 is 5.97 Å². The Hall–Kier alpha value is -2.95. The summed E-state index contributed by atoms with van der Waals surface area (Å²) in [5.41, 5.74) is 0.798. The van der Waals surface area contributed by atoms with Gasteiger partial charge in [0.15, 0.2) is 0 Å². The molecular formula is C16H11NO4. The van der Waals surface area contributed by atoms with Crippen molar-refractivity contribution in [2.45, 2.75) is 6.54 Å². The highest BCUT2D eigenvalue weighted by atomic mass is 16.4. The second-order valence-corrected chi connectivity index (χ2v) is 4.72. The first-order valence-electron chi connectivity index (χ1n) is 6.36. The molecule has 0 aromatic heterocycles. The highest BCUT2D eigenvalue weighted by molar-refractivity contribution is 6.24. The van der Waals surface area contributed by atoms with Gasteiger partial charge in [0.2, 0.25) is 0 Å². The molecule has 2 aromatic carbocycles. The van der Waals surface area contributed by atoms with Crippen LogP contribution in [0.2, 0.25) is 0 Å². The standard InChI is InChI=1S/C16H11NO4/c18-14-11-7-4-8-12(16(20)21)13(11)15(19)17(14)9-10-5-2-1-3-6-10/h1-8H,9H2,(H,20,21). The molecular weight excluding hydrogens is 270 g/mol. The van der Waals surface area contributed by atoms with Crippen LogP contribution in [0.3, 0.4) is 0 Å². The number of benzene rings is 2. The Balaban J connectivity index is 2.01. The quantitative estimate of drug-likeness (QED) is 0.875. The predicted molar refractivity (Wildman–Crippen MR) is 74.0 cm³/mol. The summed E-state index contributed by atoms with van der Waals surface area (Å²) in [7, 11) is 0. The first-order valence-corrected chi connectivity index (χ1v) is 6.36. The number of hydrogen-bond donors (Lipinski definition) is 1. The molecule has 1 aliphatic rings. The highest BCUT2D eigenvalue weighted by Gasteiger charge is 2.38. The van der Waals surface area contributed by atoms with E-state index in [4.69, 9.17) is 5.11 Å². The van der Waals surface area contributed by atoms with Gasteiger partial charge in [-0.15, -0.1) is 0 Å². The summed E-state index contributed by atoms with van der Waals surface area (Å²) >= 11 is 0. The number of carboxylic acids is 1. The molecule has 0 saturated heterocycles. The molecule has 0 unspecified atom stereocenters. The maximum atomic E-state index is 12.4. The molecule has 5 heteroatoms. The van der Waals surface area contributed by atoms with Crippen LogP contribution >= 0.6 is 0 Å². The maximum absolute atomic E-state index is 12.4. The molecule has 0 atom stereocenters. The summed E-state index contributed by atoms with van der Waals surface area (Å²) in [6.45, 7) is 0.131. The Bertz CT molecular complexity index is 752. The van der Waals surface area contributed by atoms with Crippen LogP contribution in [0.4, 0.5) is 0 Å². The Morgan fingerprint density at radius 2 is 1.67 bits per heavy atom. The number of nitrogens with zero attached hydrogens (tertiary/aromatic N) is 1. The number of aromatic carboxylic acids is 1. The minimum Gasteiger partial charge on any atom is -0.478 e. The van der Waals surface area contributed by atoms with E-state index in [-0.39, 0.29) is 23.2 Å². The number of hydrogen-bond acceptors (Lipinski definition) is 3. The van der Waals surface area contributed by atoms with Gasteiger partial charge in [-0.1, -0.05) is 36.4 Å². The summed E-state index contributed by atoms with van der Waals surface area (Å²) in [6.07, 6.45) is 0. The number of rotatable bonds is 3. The van der Waals surface area contributed by atoms with E-state index in [1.54, 1.807) is 0 Å². The van der Waals surface area contributed by atoms with E-state index in [2.05, 4.69) is 0 Å². The molecule has 0 spiro atoms. The Kier molecular flexibility index (Phi) is 3.02. The summed E-state index contributed by atoms with van der Waals surface area (Å²) < 4.78 is 0. The van der Waals surface area contributed by atoms with Crippen LogP contribution in [0.25, 0.3) is 0 Å². The number of fused-ring (bicyclic) bond motifs is 1. The summed E-state index contributed by atoms with van der Waals surface area (Å²) in [5.74, 6) is -2.23. The molecule has 1 aliphatic heterocycles. The van der Waals surface area contributed by atoms with Crippen LogP contribution in [0, 0.1) is 0 Å². The molecule has 2 amide bonds. The highest BCUT2D eigenvalue weighted by Crippen LogP contribution is 2.27. The molecule has 1 heterocycles. The van der Waals surface area contributed by atoms with Crippen molar-refractivity contribution in [2.24, 2.45) is 0 Å². The number of carbonyl (C=O) groups is 3. The predicted octanol–water partition coefficient (Wildman–Crippen LogP) is 2.18. The van der Waals surface area contributed by atoms with Crippen molar-refractivity contribution in [1.82, 2.24) is 4.90 Å². The molecule has 5 nitrogen and oxygen atoms in total. The molecule has 21 heavy (non-hydrogen) atoms. The molecule has 0 radical (unpaired) electrons. The third-order valence-corrected chi connectivity index (χ3v) is 3.41. The third-order valence-electron chi connectivity index (χ3n) is 3.41. The van der Waals surface area contributed by atoms with Crippen molar-refractivity contribution in [1.29, 1.82) is 0 Å².